The highest BCUT2D eigenvalue weighted by Crippen LogP contribution is 1.93. The summed E-state index contributed by atoms with van der Waals surface area (Å²) in [5, 5.41) is 8.25. The van der Waals surface area contributed by atoms with E-state index < -0.39 is 20.8 Å². The van der Waals surface area contributed by atoms with Gasteiger partial charge in [0.2, 0.25) is 0 Å². The largest absolute Gasteiger partial charge is 0.480 e. The van der Waals surface area contributed by atoms with Crippen LogP contribution in [0.3, 0.4) is 0 Å². The fraction of sp³-hybridized carbons (Fsp3) is 0.750. The molecular formula is C4H9NO4S2. The highest BCUT2D eigenvalue weighted by molar-refractivity contribution is 8.29. The Balaban J connectivity index is 3.82. The Hall–Kier alpha value is -0.240. The van der Waals surface area contributed by atoms with Gasteiger partial charge >= 0.3 is 5.97 Å². The van der Waals surface area contributed by atoms with Crippen molar-refractivity contribution in [1.82, 2.24) is 0 Å². The second-order valence-electron chi connectivity index (χ2n) is 2.02. The molecular weight excluding hydrogens is 190 g/mol. The Morgan fingerprint density at radius 1 is 1.73 bits per heavy atom. The maximum Gasteiger partial charge on any atom is 0.320 e. The fourth-order valence-electron chi connectivity index (χ4n) is 0.399. The summed E-state index contributed by atoms with van der Waals surface area (Å²) in [4.78, 5) is 10.1. The Kier molecular flexibility index (Phi) is 3.87. The molecule has 0 radical (unpaired) electrons. The van der Waals surface area contributed by atoms with Gasteiger partial charge in [-0.15, -0.1) is 0 Å². The molecule has 4 N–H and O–H groups in total. The van der Waals surface area contributed by atoms with E-state index in [-0.39, 0.29) is 12.2 Å². The zero-order valence-corrected chi connectivity index (χ0v) is 7.23. The summed E-state index contributed by atoms with van der Waals surface area (Å²) in [5.74, 6) is -1.45. The quantitative estimate of drug-likeness (QED) is 0.537. The molecule has 0 fully saturated rings. The molecule has 0 aliphatic rings. The maximum atomic E-state index is 10.4. The first-order valence-corrected chi connectivity index (χ1v) is 5.37. The molecule has 7 heteroatoms. The van der Waals surface area contributed by atoms with Crippen molar-refractivity contribution in [3.8, 4) is 0 Å². The van der Waals surface area contributed by atoms with Crippen LogP contribution in [-0.2, 0) is 24.8 Å². The van der Waals surface area contributed by atoms with Gasteiger partial charge in [0.25, 0.3) is 0 Å². The highest BCUT2D eigenvalue weighted by atomic mass is 32.8. The SMILES string of the molecule is N[C@H](CCS(=O)(O)=S)C(=O)O. The van der Waals surface area contributed by atoms with Gasteiger partial charge in [-0.05, 0) is 6.42 Å². The molecule has 66 valence electrons. The van der Waals surface area contributed by atoms with E-state index >= 15 is 0 Å². The van der Waals surface area contributed by atoms with E-state index in [0.717, 1.165) is 0 Å². The number of carboxylic acids is 1. The number of hydrogen-bond donors (Lipinski definition) is 3. The molecule has 0 heterocycles. The topological polar surface area (TPSA) is 101 Å². The molecule has 0 spiro atoms. The average molecular weight is 199 g/mol. The van der Waals surface area contributed by atoms with Gasteiger partial charge in [-0.1, -0.05) is 0 Å². The molecule has 11 heavy (non-hydrogen) atoms. The molecule has 0 rings (SSSR count). The van der Waals surface area contributed by atoms with Crippen LogP contribution in [0.1, 0.15) is 6.42 Å². The van der Waals surface area contributed by atoms with E-state index in [1.165, 1.54) is 0 Å². The minimum absolute atomic E-state index is 0.0752. The van der Waals surface area contributed by atoms with Gasteiger partial charge in [0.15, 0.2) is 0 Å². The third-order valence-electron chi connectivity index (χ3n) is 1.00. The van der Waals surface area contributed by atoms with Crippen LogP contribution >= 0.6 is 0 Å². The number of carbonyl (C=O) groups is 1. The van der Waals surface area contributed by atoms with Crippen molar-refractivity contribution in [2.45, 2.75) is 12.5 Å². The van der Waals surface area contributed by atoms with Crippen molar-refractivity contribution >= 4 is 25.9 Å². The Bertz CT molecular complexity index is 234. The monoisotopic (exact) mass is 199 g/mol. The number of nitrogens with two attached hydrogens (primary N) is 1. The molecule has 0 saturated heterocycles. The zero-order valence-electron chi connectivity index (χ0n) is 5.60. The first-order chi connectivity index (χ1) is 4.83. The molecule has 0 amide bonds. The Morgan fingerprint density at radius 2 is 2.18 bits per heavy atom. The van der Waals surface area contributed by atoms with Crippen LogP contribution in [0.25, 0.3) is 0 Å². The van der Waals surface area contributed by atoms with Gasteiger partial charge in [0, 0.05) is 11.2 Å². The van der Waals surface area contributed by atoms with Crippen molar-refractivity contribution < 1.29 is 18.7 Å². The smallest absolute Gasteiger partial charge is 0.320 e. The van der Waals surface area contributed by atoms with E-state index in [1.807, 2.05) is 0 Å². The fourth-order valence-corrected chi connectivity index (χ4v) is 1.24. The summed E-state index contributed by atoms with van der Waals surface area (Å²) in [6.07, 6.45) is -0.0752. The highest BCUT2D eigenvalue weighted by Gasteiger charge is 2.13. The van der Waals surface area contributed by atoms with Gasteiger partial charge in [-0.3, -0.25) is 4.79 Å². The van der Waals surface area contributed by atoms with E-state index in [9.17, 15) is 9.00 Å². The Morgan fingerprint density at radius 3 is 2.45 bits per heavy atom. The number of hydrogen-bond acceptors (Lipinski definition) is 4. The van der Waals surface area contributed by atoms with Gasteiger partial charge in [0.1, 0.15) is 14.8 Å². The zero-order chi connectivity index (χ0) is 9.07. The molecule has 0 bridgehead atoms. The lowest BCUT2D eigenvalue weighted by Gasteiger charge is -2.04. The van der Waals surface area contributed by atoms with Crippen LogP contribution in [-0.4, -0.2) is 31.6 Å². The molecule has 0 aliphatic heterocycles. The van der Waals surface area contributed by atoms with Crippen molar-refractivity contribution in [3.63, 3.8) is 0 Å². The van der Waals surface area contributed by atoms with E-state index in [4.69, 9.17) is 15.4 Å². The lowest BCUT2D eigenvalue weighted by molar-refractivity contribution is -0.138. The minimum atomic E-state index is -3.26. The molecule has 1 unspecified atom stereocenters. The van der Waals surface area contributed by atoms with Gasteiger partial charge in [0.05, 0.1) is 5.75 Å². The van der Waals surface area contributed by atoms with E-state index in [1.54, 1.807) is 0 Å². The van der Waals surface area contributed by atoms with Crippen molar-refractivity contribution in [1.29, 1.82) is 0 Å². The van der Waals surface area contributed by atoms with E-state index in [0.29, 0.717) is 0 Å². The third-order valence-corrected chi connectivity index (χ3v) is 2.26. The normalized spacial score (nSPS) is 18.7. The first kappa shape index (κ1) is 10.8. The summed E-state index contributed by atoms with van der Waals surface area (Å²) < 4.78 is 19.0. The Labute approximate surface area is 69.1 Å². The number of aliphatic carboxylic acids is 1. The molecule has 0 aromatic heterocycles. The number of rotatable bonds is 4. The van der Waals surface area contributed by atoms with Gasteiger partial charge < -0.3 is 15.4 Å². The molecule has 0 aliphatic carbocycles. The molecule has 0 aromatic rings. The molecule has 2 atom stereocenters. The van der Waals surface area contributed by atoms with Crippen LogP contribution in [0.15, 0.2) is 0 Å². The van der Waals surface area contributed by atoms with E-state index in [2.05, 4.69) is 11.2 Å². The summed E-state index contributed by atoms with van der Waals surface area (Å²) in [6.45, 7) is 0. The summed E-state index contributed by atoms with van der Waals surface area (Å²) in [5.41, 5.74) is 5.04. The summed E-state index contributed by atoms with van der Waals surface area (Å²) in [6, 6.07) is -1.11. The molecule has 0 saturated carbocycles. The third kappa shape index (κ3) is 6.17. The predicted octanol–water partition coefficient (Wildman–Crippen LogP) is -0.992. The number of carboxylic acid groups (broad SMARTS) is 1. The summed E-state index contributed by atoms with van der Waals surface area (Å²) in [7, 11) is -3.26. The lowest BCUT2D eigenvalue weighted by Crippen LogP contribution is -2.31. The van der Waals surface area contributed by atoms with Gasteiger partial charge in [-0.25, -0.2) is 4.21 Å². The average Bonchev–Trinajstić information content (AvgIpc) is 1.80. The first-order valence-electron chi connectivity index (χ1n) is 2.76. The van der Waals surface area contributed by atoms with Gasteiger partial charge in [-0.2, -0.15) is 0 Å². The minimum Gasteiger partial charge on any atom is -0.480 e. The molecule has 5 nitrogen and oxygen atoms in total. The van der Waals surface area contributed by atoms with Crippen molar-refractivity contribution in [2.24, 2.45) is 5.73 Å². The molecule has 0 aromatic carbocycles. The van der Waals surface area contributed by atoms with Crippen LogP contribution < -0.4 is 5.73 Å². The van der Waals surface area contributed by atoms with Crippen LogP contribution in [0.2, 0.25) is 0 Å². The van der Waals surface area contributed by atoms with Crippen molar-refractivity contribution in [2.75, 3.05) is 5.75 Å². The maximum absolute atomic E-state index is 10.4. The van der Waals surface area contributed by atoms with Crippen LogP contribution in [0, 0.1) is 0 Å². The second kappa shape index (κ2) is 3.96. The second-order valence-corrected chi connectivity index (χ2v) is 5.15. The lowest BCUT2D eigenvalue weighted by atomic mass is 10.2. The van der Waals surface area contributed by atoms with Crippen LogP contribution in [0.5, 0.6) is 0 Å². The standard InChI is InChI=1S/C4H9NO4S2/c5-3(4(6)7)1-2-11(8,9)10/h3H,1-2,5H2,(H,6,7)(H,8,9,10)/t3-/m1/s1. The summed E-state index contributed by atoms with van der Waals surface area (Å²) >= 11 is 4.12. The predicted molar refractivity (Wildman–Crippen MR) is 43.2 cm³/mol. The van der Waals surface area contributed by atoms with Crippen molar-refractivity contribution in [3.05, 3.63) is 0 Å². The van der Waals surface area contributed by atoms with Crippen LogP contribution in [0.4, 0.5) is 0 Å².